The minimum absolute atomic E-state index is 0.530. The van der Waals surface area contributed by atoms with Crippen molar-refractivity contribution in [1.29, 1.82) is 0 Å². The molecule has 20 heavy (non-hydrogen) atoms. The maximum absolute atomic E-state index is 5.81. The predicted octanol–water partition coefficient (Wildman–Crippen LogP) is 2.73. The second-order valence-corrected chi connectivity index (χ2v) is 6.62. The highest BCUT2D eigenvalue weighted by molar-refractivity contribution is 5.37. The third-order valence-electron chi connectivity index (χ3n) is 5.44. The van der Waals surface area contributed by atoms with Gasteiger partial charge in [0.15, 0.2) is 0 Å². The third kappa shape index (κ3) is 2.13. The second kappa shape index (κ2) is 5.05. The molecule has 3 heterocycles. The summed E-state index contributed by atoms with van der Waals surface area (Å²) in [5, 5.41) is 3.75. The normalized spacial score (nSPS) is 35.7. The molecule has 2 saturated heterocycles. The van der Waals surface area contributed by atoms with Gasteiger partial charge in [0, 0.05) is 36.2 Å². The minimum Gasteiger partial charge on any atom is -0.493 e. The van der Waals surface area contributed by atoms with E-state index in [1.165, 1.54) is 31.2 Å². The van der Waals surface area contributed by atoms with Gasteiger partial charge in [0.05, 0.1) is 6.61 Å². The van der Waals surface area contributed by atoms with Gasteiger partial charge in [-0.25, -0.2) is 0 Å². The molecule has 2 fully saturated rings. The van der Waals surface area contributed by atoms with Crippen molar-refractivity contribution in [2.45, 2.75) is 56.3 Å². The van der Waals surface area contributed by atoms with E-state index in [9.17, 15) is 0 Å². The van der Waals surface area contributed by atoms with Crippen LogP contribution in [-0.2, 0) is 0 Å². The van der Waals surface area contributed by atoms with Crippen molar-refractivity contribution < 1.29 is 4.74 Å². The van der Waals surface area contributed by atoms with E-state index in [1.807, 2.05) is 0 Å². The molecule has 3 aliphatic rings. The summed E-state index contributed by atoms with van der Waals surface area (Å²) in [6, 6.07) is 11.3. The van der Waals surface area contributed by atoms with Crippen molar-refractivity contribution in [3.05, 3.63) is 29.8 Å². The summed E-state index contributed by atoms with van der Waals surface area (Å²) < 4.78 is 5.81. The maximum Gasteiger partial charge on any atom is 0.124 e. The van der Waals surface area contributed by atoms with Crippen LogP contribution in [0, 0.1) is 0 Å². The molecule has 3 aliphatic heterocycles. The molecule has 1 aromatic rings. The van der Waals surface area contributed by atoms with Gasteiger partial charge in [0.1, 0.15) is 5.75 Å². The number of fused-ring (bicyclic) bond motifs is 3. The molecule has 108 valence electrons. The van der Waals surface area contributed by atoms with E-state index in [0.717, 1.165) is 36.9 Å². The Bertz CT molecular complexity index is 478. The highest BCUT2D eigenvalue weighted by atomic mass is 16.5. The van der Waals surface area contributed by atoms with Gasteiger partial charge in [-0.05, 0) is 38.8 Å². The van der Waals surface area contributed by atoms with Crippen LogP contribution in [0.15, 0.2) is 24.3 Å². The van der Waals surface area contributed by atoms with Crippen LogP contribution in [0.3, 0.4) is 0 Å². The molecule has 3 nitrogen and oxygen atoms in total. The van der Waals surface area contributed by atoms with Crippen molar-refractivity contribution in [1.82, 2.24) is 10.2 Å². The number of rotatable bonds is 2. The highest BCUT2D eigenvalue weighted by Crippen LogP contribution is 2.39. The Labute approximate surface area is 121 Å². The number of benzene rings is 1. The van der Waals surface area contributed by atoms with E-state index < -0.39 is 0 Å². The lowest BCUT2D eigenvalue weighted by atomic mass is 9.93. The molecular formula is C17H24N2O. The average molecular weight is 272 g/mol. The summed E-state index contributed by atoms with van der Waals surface area (Å²) >= 11 is 0. The number of nitrogens with one attached hydrogen (secondary N) is 1. The molecule has 0 spiro atoms. The highest BCUT2D eigenvalue weighted by Gasteiger charge is 2.38. The molecule has 3 heteroatoms. The van der Waals surface area contributed by atoms with Crippen LogP contribution in [0.25, 0.3) is 0 Å². The van der Waals surface area contributed by atoms with E-state index in [2.05, 4.69) is 41.5 Å². The van der Waals surface area contributed by atoms with Gasteiger partial charge < -0.3 is 10.1 Å². The SMILES string of the molecule is CN(C1CC2CCC(C1)N2)C1CCOc2ccccc21. The average Bonchev–Trinajstić information content (AvgIpc) is 2.84. The van der Waals surface area contributed by atoms with Gasteiger partial charge >= 0.3 is 0 Å². The van der Waals surface area contributed by atoms with Gasteiger partial charge in [-0.15, -0.1) is 0 Å². The number of hydrogen-bond donors (Lipinski definition) is 1. The molecule has 3 atom stereocenters. The smallest absolute Gasteiger partial charge is 0.124 e. The topological polar surface area (TPSA) is 24.5 Å². The zero-order valence-corrected chi connectivity index (χ0v) is 12.2. The van der Waals surface area contributed by atoms with Gasteiger partial charge in [-0.2, -0.15) is 0 Å². The fourth-order valence-corrected chi connectivity index (χ4v) is 4.36. The van der Waals surface area contributed by atoms with E-state index in [-0.39, 0.29) is 0 Å². The van der Waals surface area contributed by atoms with Crippen molar-refractivity contribution in [2.24, 2.45) is 0 Å². The third-order valence-corrected chi connectivity index (χ3v) is 5.44. The molecular weight excluding hydrogens is 248 g/mol. The van der Waals surface area contributed by atoms with Gasteiger partial charge in [0.25, 0.3) is 0 Å². The second-order valence-electron chi connectivity index (χ2n) is 6.62. The number of piperidine rings is 1. The van der Waals surface area contributed by atoms with Crippen molar-refractivity contribution >= 4 is 0 Å². The van der Waals surface area contributed by atoms with Gasteiger partial charge in [-0.3, -0.25) is 4.90 Å². The molecule has 3 unspecified atom stereocenters. The van der Waals surface area contributed by atoms with Crippen LogP contribution in [0.2, 0.25) is 0 Å². The Balaban J connectivity index is 1.56. The predicted molar refractivity (Wildman–Crippen MR) is 80.0 cm³/mol. The quantitative estimate of drug-likeness (QED) is 0.896. The van der Waals surface area contributed by atoms with Crippen LogP contribution in [-0.4, -0.2) is 36.7 Å². The standard InChI is InChI=1S/C17H24N2O/c1-19(14-10-12-6-7-13(11-14)18-12)16-8-9-20-17-5-3-2-4-15(16)17/h2-5,12-14,16,18H,6-11H2,1H3. The van der Waals surface area contributed by atoms with Crippen LogP contribution < -0.4 is 10.1 Å². The van der Waals surface area contributed by atoms with Gasteiger partial charge in [0.2, 0.25) is 0 Å². The zero-order valence-electron chi connectivity index (χ0n) is 12.2. The van der Waals surface area contributed by atoms with Gasteiger partial charge in [-0.1, -0.05) is 18.2 Å². The molecule has 4 rings (SSSR count). The Morgan fingerprint density at radius 3 is 2.65 bits per heavy atom. The Hall–Kier alpha value is -1.06. The monoisotopic (exact) mass is 272 g/mol. The summed E-state index contributed by atoms with van der Waals surface area (Å²) in [5.41, 5.74) is 1.38. The summed E-state index contributed by atoms with van der Waals surface area (Å²) in [7, 11) is 2.32. The molecule has 0 amide bonds. The van der Waals surface area contributed by atoms with Crippen LogP contribution >= 0.6 is 0 Å². The summed E-state index contributed by atoms with van der Waals surface area (Å²) in [6.07, 6.45) is 6.49. The largest absolute Gasteiger partial charge is 0.493 e. The fraction of sp³-hybridized carbons (Fsp3) is 0.647. The number of hydrogen-bond acceptors (Lipinski definition) is 3. The summed E-state index contributed by atoms with van der Waals surface area (Å²) in [6.45, 7) is 0.851. The molecule has 0 radical (unpaired) electrons. The number of ether oxygens (including phenoxy) is 1. The lowest BCUT2D eigenvalue weighted by Crippen LogP contribution is -2.48. The number of para-hydroxylation sites is 1. The fourth-order valence-electron chi connectivity index (χ4n) is 4.36. The van der Waals surface area contributed by atoms with E-state index in [0.29, 0.717) is 6.04 Å². The first-order valence-electron chi connectivity index (χ1n) is 8.01. The first-order valence-corrected chi connectivity index (χ1v) is 8.01. The zero-order chi connectivity index (χ0) is 13.5. The molecule has 2 bridgehead atoms. The minimum atomic E-state index is 0.530. The molecule has 0 aliphatic carbocycles. The number of nitrogens with zero attached hydrogens (tertiary/aromatic N) is 1. The lowest BCUT2D eigenvalue weighted by Gasteiger charge is -2.41. The molecule has 1 N–H and O–H groups in total. The maximum atomic E-state index is 5.81. The first kappa shape index (κ1) is 12.7. The summed E-state index contributed by atoms with van der Waals surface area (Å²) in [4.78, 5) is 2.63. The van der Waals surface area contributed by atoms with E-state index in [4.69, 9.17) is 4.74 Å². The Morgan fingerprint density at radius 2 is 1.85 bits per heavy atom. The first-order chi connectivity index (χ1) is 9.81. The molecule has 0 saturated carbocycles. The van der Waals surface area contributed by atoms with Crippen molar-refractivity contribution in [2.75, 3.05) is 13.7 Å². The van der Waals surface area contributed by atoms with Crippen molar-refractivity contribution in [3.63, 3.8) is 0 Å². The lowest BCUT2D eigenvalue weighted by molar-refractivity contribution is 0.0940. The Kier molecular flexibility index (Phi) is 3.20. The van der Waals surface area contributed by atoms with Crippen LogP contribution in [0.4, 0.5) is 0 Å². The molecule has 0 aromatic heterocycles. The van der Waals surface area contributed by atoms with E-state index in [1.54, 1.807) is 0 Å². The molecule has 1 aromatic carbocycles. The van der Waals surface area contributed by atoms with Crippen LogP contribution in [0.5, 0.6) is 5.75 Å². The Morgan fingerprint density at radius 1 is 1.10 bits per heavy atom. The van der Waals surface area contributed by atoms with E-state index >= 15 is 0 Å². The van der Waals surface area contributed by atoms with Crippen LogP contribution in [0.1, 0.15) is 43.7 Å². The summed E-state index contributed by atoms with van der Waals surface area (Å²) in [5.74, 6) is 1.09. The van der Waals surface area contributed by atoms with Crippen molar-refractivity contribution in [3.8, 4) is 5.75 Å².